The van der Waals surface area contributed by atoms with Gasteiger partial charge in [-0.1, -0.05) is 11.6 Å². The second-order valence-corrected chi connectivity index (χ2v) is 4.30. The van der Waals surface area contributed by atoms with Gasteiger partial charge in [-0.05, 0) is 18.5 Å². The van der Waals surface area contributed by atoms with Crippen molar-refractivity contribution in [3.63, 3.8) is 0 Å². The summed E-state index contributed by atoms with van der Waals surface area (Å²) in [7, 11) is 0. The molecule has 1 N–H and O–H groups in total. The first-order valence-corrected chi connectivity index (χ1v) is 5.59. The maximum atomic E-state index is 11.6. The van der Waals surface area contributed by atoms with Crippen molar-refractivity contribution in [3.05, 3.63) is 16.5 Å². The minimum Gasteiger partial charge on any atom is -0.447 e. The van der Waals surface area contributed by atoms with Gasteiger partial charge in [-0.25, -0.2) is 9.78 Å². The largest absolute Gasteiger partial charge is 0.447 e. The molecule has 0 bridgehead atoms. The molecule has 0 aromatic carbocycles. The lowest BCUT2D eigenvalue weighted by molar-refractivity contribution is 0.142. The molecule has 2 rings (SSSR count). The minimum atomic E-state index is -0.756. The van der Waals surface area contributed by atoms with E-state index in [4.69, 9.17) is 27.9 Å². The fourth-order valence-corrected chi connectivity index (χ4v) is 1.96. The van der Waals surface area contributed by atoms with Crippen molar-refractivity contribution in [2.75, 3.05) is 11.5 Å². The molecule has 0 saturated carbocycles. The number of carbonyl (C=O) groups excluding carboxylic acids is 1. The summed E-state index contributed by atoms with van der Waals surface area (Å²) in [5.41, 5.74) is 0. The second-order valence-electron chi connectivity index (χ2n) is 3.57. The molecule has 1 aromatic heterocycles. The van der Waals surface area contributed by atoms with Crippen molar-refractivity contribution in [1.29, 1.82) is 0 Å². The summed E-state index contributed by atoms with van der Waals surface area (Å²) in [6.45, 7) is 1.65. The van der Waals surface area contributed by atoms with Crippen molar-refractivity contribution in [1.82, 2.24) is 9.97 Å². The summed E-state index contributed by atoms with van der Waals surface area (Å²) < 4.78 is 4.85. The number of cyclic esters (lactones) is 1. The fourth-order valence-electron chi connectivity index (χ4n) is 1.56. The standard InChI is InChI=1S/C9H9Cl2N3O3/c1-4(15)5-3-17-9(16)14(5)7-2-6(10)12-8(11)13-7/h2,4-5,15H,3H2,1H3/t4-,5?/m1/s1. The van der Waals surface area contributed by atoms with Gasteiger partial charge in [0, 0.05) is 6.07 Å². The minimum absolute atomic E-state index is 0.0726. The molecule has 1 saturated heterocycles. The van der Waals surface area contributed by atoms with E-state index in [2.05, 4.69) is 9.97 Å². The number of carbonyl (C=O) groups is 1. The Bertz CT molecular complexity index is 435. The van der Waals surface area contributed by atoms with Gasteiger partial charge < -0.3 is 9.84 Å². The van der Waals surface area contributed by atoms with Crippen LogP contribution in [0.1, 0.15) is 6.92 Å². The van der Waals surface area contributed by atoms with Gasteiger partial charge in [-0.3, -0.25) is 4.90 Å². The third-order valence-corrected chi connectivity index (χ3v) is 2.73. The SMILES string of the molecule is C[C@@H](O)C1COC(=O)N1c1cc(Cl)nc(Cl)n1. The van der Waals surface area contributed by atoms with E-state index in [0.717, 1.165) is 0 Å². The molecule has 1 aromatic rings. The molecular weight excluding hydrogens is 269 g/mol. The number of hydrogen-bond donors (Lipinski definition) is 1. The maximum absolute atomic E-state index is 11.6. The van der Waals surface area contributed by atoms with Crippen LogP contribution in [-0.4, -0.2) is 39.9 Å². The van der Waals surface area contributed by atoms with Gasteiger partial charge in [0.15, 0.2) is 0 Å². The average molecular weight is 278 g/mol. The van der Waals surface area contributed by atoms with Gasteiger partial charge in [0.25, 0.3) is 0 Å². The summed E-state index contributed by atoms with van der Waals surface area (Å²) in [4.78, 5) is 20.3. The third-order valence-electron chi connectivity index (χ3n) is 2.36. The highest BCUT2D eigenvalue weighted by atomic mass is 35.5. The van der Waals surface area contributed by atoms with Crippen LogP contribution in [0.4, 0.5) is 10.6 Å². The molecule has 1 fully saturated rings. The number of rotatable bonds is 2. The monoisotopic (exact) mass is 277 g/mol. The van der Waals surface area contributed by atoms with E-state index < -0.39 is 18.2 Å². The molecule has 1 amide bonds. The predicted octanol–water partition coefficient (Wildman–Crippen LogP) is 1.49. The number of aliphatic hydroxyl groups excluding tert-OH is 1. The van der Waals surface area contributed by atoms with Crippen molar-refractivity contribution < 1.29 is 14.6 Å². The van der Waals surface area contributed by atoms with E-state index in [9.17, 15) is 9.90 Å². The quantitative estimate of drug-likeness (QED) is 0.655. The lowest BCUT2D eigenvalue weighted by Gasteiger charge is -2.22. The molecule has 0 radical (unpaired) electrons. The smallest absolute Gasteiger partial charge is 0.416 e. The van der Waals surface area contributed by atoms with Gasteiger partial charge in [-0.2, -0.15) is 4.98 Å². The molecular formula is C9H9Cl2N3O3. The second kappa shape index (κ2) is 4.64. The number of amides is 1. The van der Waals surface area contributed by atoms with E-state index in [1.807, 2.05) is 0 Å². The highest BCUT2D eigenvalue weighted by Gasteiger charge is 2.38. The zero-order valence-electron chi connectivity index (χ0n) is 8.80. The Hall–Kier alpha value is -1.11. The maximum Gasteiger partial charge on any atom is 0.416 e. The van der Waals surface area contributed by atoms with Crippen LogP contribution in [0.15, 0.2) is 6.07 Å². The fraction of sp³-hybridized carbons (Fsp3) is 0.444. The van der Waals surface area contributed by atoms with Crippen molar-refractivity contribution in [2.45, 2.75) is 19.1 Å². The summed E-state index contributed by atoms with van der Waals surface area (Å²) in [6.07, 6.45) is -1.35. The van der Waals surface area contributed by atoms with Crippen molar-refractivity contribution in [2.24, 2.45) is 0 Å². The van der Waals surface area contributed by atoms with Gasteiger partial charge in [-0.15, -0.1) is 0 Å². The first kappa shape index (κ1) is 12.3. The molecule has 8 heteroatoms. The van der Waals surface area contributed by atoms with E-state index in [0.29, 0.717) is 0 Å². The van der Waals surface area contributed by atoms with Gasteiger partial charge >= 0.3 is 6.09 Å². The third kappa shape index (κ3) is 2.43. The van der Waals surface area contributed by atoms with E-state index in [-0.39, 0.29) is 22.9 Å². The normalized spacial score (nSPS) is 21.5. The van der Waals surface area contributed by atoms with Crippen LogP contribution in [0.5, 0.6) is 0 Å². The number of halogens is 2. The lowest BCUT2D eigenvalue weighted by atomic mass is 10.2. The van der Waals surface area contributed by atoms with E-state index in [1.165, 1.54) is 11.0 Å². The van der Waals surface area contributed by atoms with Crippen LogP contribution in [0.2, 0.25) is 10.4 Å². The Morgan fingerprint density at radius 3 is 2.88 bits per heavy atom. The predicted molar refractivity (Wildman–Crippen MR) is 61.3 cm³/mol. The zero-order chi connectivity index (χ0) is 12.6. The summed E-state index contributed by atoms with van der Waals surface area (Å²) in [5, 5.41) is 9.60. The van der Waals surface area contributed by atoms with Crippen molar-refractivity contribution >= 4 is 35.1 Å². The van der Waals surface area contributed by atoms with Crippen LogP contribution in [-0.2, 0) is 4.74 Å². The van der Waals surface area contributed by atoms with Crippen LogP contribution in [0, 0.1) is 0 Å². The lowest BCUT2D eigenvalue weighted by Crippen LogP contribution is -2.41. The molecule has 92 valence electrons. The summed E-state index contributed by atoms with van der Waals surface area (Å²) >= 11 is 11.4. The molecule has 0 aliphatic carbocycles. The number of hydrogen-bond acceptors (Lipinski definition) is 5. The Balaban J connectivity index is 2.39. The average Bonchev–Trinajstić information content (AvgIpc) is 2.58. The molecule has 0 spiro atoms. The van der Waals surface area contributed by atoms with Crippen LogP contribution in [0.25, 0.3) is 0 Å². The number of aromatic nitrogens is 2. The first-order chi connectivity index (χ1) is 7.99. The van der Waals surface area contributed by atoms with Crippen LogP contribution in [0.3, 0.4) is 0 Å². The van der Waals surface area contributed by atoms with E-state index >= 15 is 0 Å². The Morgan fingerprint density at radius 1 is 1.59 bits per heavy atom. The van der Waals surface area contributed by atoms with Gasteiger partial charge in [0.2, 0.25) is 5.28 Å². The Labute approximate surface area is 107 Å². The van der Waals surface area contributed by atoms with Gasteiger partial charge in [0.05, 0.1) is 6.10 Å². The Morgan fingerprint density at radius 2 is 2.29 bits per heavy atom. The number of ether oxygens (including phenoxy) is 1. The van der Waals surface area contributed by atoms with Crippen molar-refractivity contribution in [3.8, 4) is 0 Å². The Kier molecular flexibility index (Phi) is 3.37. The molecule has 2 heterocycles. The summed E-state index contributed by atoms with van der Waals surface area (Å²) in [6, 6.07) is 0.875. The topological polar surface area (TPSA) is 75.6 Å². The highest BCUT2D eigenvalue weighted by Crippen LogP contribution is 2.25. The highest BCUT2D eigenvalue weighted by molar-refractivity contribution is 6.32. The van der Waals surface area contributed by atoms with E-state index in [1.54, 1.807) is 6.92 Å². The molecule has 1 aliphatic rings. The first-order valence-electron chi connectivity index (χ1n) is 4.83. The number of anilines is 1. The number of aliphatic hydroxyl groups is 1. The molecule has 6 nitrogen and oxygen atoms in total. The molecule has 1 unspecified atom stereocenters. The van der Waals surface area contributed by atoms with Crippen LogP contribution < -0.4 is 4.90 Å². The molecule has 2 atom stereocenters. The summed E-state index contributed by atoms with van der Waals surface area (Å²) in [5.74, 6) is 0.211. The molecule has 17 heavy (non-hydrogen) atoms. The molecule has 1 aliphatic heterocycles. The van der Waals surface area contributed by atoms with Gasteiger partial charge in [0.1, 0.15) is 23.6 Å². The van der Waals surface area contributed by atoms with Crippen LogP contribution >= 0.6 is 23.2 Å². The zero-order valence-corrected chi connectivity index (χ0v) is 10.3. The number of nitrogens with zero attached hydrogens (tertiary/aromatic N) is 3.